The molecule has 0 unspecified atom stereocenters. The second-order valence-corrected chi connectivity index (χ2v) is 7.21. The number of nitrogens with one attached hydrogen (secondary N) is 1. The molecule has 0 atom stereocenters. The Bertz CT molecular complexity index is 1280. The molecule has 1 aromatic carbocycles. The zero-order valence-electron chi connectivity index (χ0n) is 15.6. The SMILES string of the molecule is O=C(Nc1cccnc1-n1cccn1)c1nc(-c2cccs2)n(-c2ccccc2)n1. The van der Waals surface area contributed by atoms with Gasteiger partial charge in [0.05, 0.1) is 16.3 Å². The Morgan fingerprint density at radius 2 is 1.87 bits per heavy atom. The minimum absolute atomic E-state index is 0.0671. The molecule has 0 saturated heterocycles. The molecule has 0 radical (unpaired) electrons. The molecule has 0 bridgehead atoms. The minimum Gasteiger partial charge on any atom is -0.316 e. The van der Waals surface area contributed by atoms with E-state index >= 15 is 0 Å². The molecule has 0 saturated carbocycles. The molecule has 5 aromatic rings. The van der Waals surface area contributed by atoms with Crippen LogP contribution in [-0.4, -0.2) is 35.4 Å². The summed E-state index contributed by atoms with van der Waals surface area (Å²) in [6.07, 6.45) is 5.05. The first-order valence-corrected chi connectivity index (χ1v) is 10.0. The highest BCUT2D eigenvalue weighted by atomic mass is 32.1. The van der Waals surface area contributed by atoms with Crippen LogP contribution in [0.1, 0.15) is 10.6 Å². The van der Waals surface area contributed by atoms with Crippen molar-refractivity contribution in [3.63, 3.8) is 0 Å². The van der Waals surface area contributed by atoms with Gasteiger partial charge in [0.2, 0.25) is 5.82 Å². The number of nitrogens with zero attached hydrogens (tertiary/aromatic N) is 6. The summed E-state index contributed by atoms with van der Waals surface area (Å²) < 4.78 is 3.26. The summed E-state index contributed by atoms with van der Waals surface area (Å²) in [6.45, 7) is 0. The number of pyridine rings is 1. The van der Waals surface area contributed by atoms with Gasteiger partial charge in [0.25, 0.3) is 5.91 Å². The van der Waals surface area contributed by atoms with Crippen LogP contribution < -0.4 is 5.32 Å². The number of hydrogen-bond acceptors (Lipinski definition) is 6. The summed E-state index contributed by atoms with van der Waals surface area (Å²) >= 11 is 1.54. The first-order valence-electron chi connectivity index (χ1n) is 9.12. The maximum atomic E-state index is 13.0. The van der Waals surface area contributed by atoms with Gasteiger partial charge in [-0.1, -0.05) is 24.3 Å². The summed E-state index contributed by atoms with van der Waals surface area (Å²) in [5, 5.41) is 13.5. The summed E-state index contributed by atoms with van der Waals surface area (Å²) in [5.41, 5.74) is 1.34. The highest BCUT2D eigenvalue weighted by Gasteiger charge is 2.20. The fourth-order valence-corrected chi connectivity index (χ4v) is 3.67. The Balaban J connectivity index is 1.52. The van der Waals surface area contributed by atoms with Crippen LogP contribution in [0.15, 0.2) is 84.6 Å². The van der Waals surface area contributed by atoms with Crippen LogP contribution in [0.25, 0.3) is 22.2 Å². The zero-order valence-corrected chi connectivity index (χ0v) is 16.4. The van der Waals surface area contributed by atoms with Gasteiger partial charge in [0.1, 0.15) is 0 Å². The van der Waals surface area contributed by atoms with Crippen LogP contribution in [0, 0.1) is 0 Å². The smallest absolute Gasteiger partial charge is 0.295 e. The molecular formula is C21H15N7OS. The van der Waals surface area contributed by atoms with Crippen LogP contribution in [-0.2, 0) is 0 Å². The van der Waals surface area contributed by atoms with Gasteiger partial charge in [0.15, 0.2) is 11.6 Å². The first-order chi connectivity index (χ1) is 14.8. The standard InChI is InChI=1S/C21H15N7OS/c29-21(24-16-9-4-11-22-19(16)27-13-6-12-23-27)18-25-20(17-10-5-14-30-17)28(26-18)15-7-2-1-3-8-15/h1-14H,(H,24,29). The summed E-state index contributed by atoms with van der Waals surface area (Å²) in [5.74, 6) is 0.762. The number of carbonyl (C=O) groups is 1. The largest absolute Gasteiger partial charge is 0.316 e. The predicted molar refractivity (Wildman–Crippen MR) is 114 cm³/mol. The van der Waals surface area contributed by atoms with E-state index in [1.807, 2.05) is 47.8 Å². The minimum atomic E-state index is -0.427. The van der Waals surface area contributed by atoms with Crippen molar-refractivity contribution in [1.82, 2.24) is 29.5 Å². The molecule has 1 N–H and O–H groups in total. The van der Waals surface area contributed by atoms with Crippen molar-refractivity contribution >= 4 is 22.9 Å². The van der Waals surface area contributed by atoms with E-state index < -0.39 is 5.91 Å². The lowest BCUT2D eigenvalue weighted by atomic mass is 10.3. The third-order valence-corrected chi connectivity index (χ3v) is 5.17. The highest BCUT2D eigenvalue weighted by molar-refractivity contribution is 7.13. The summed E-state index contributed by atoms with van der Waals surface area (Å²) in [6, 6.07) is 18.8. The number of aromatic nitrogens is 6. The fourth-order valence-electron chi connectivity index (χ4n) is 2.97. The lowest BCUT2D eigenvalue weighted by Crippen LogP contribution is -2.16. The van der Waals surface area contributed by atoms with Crippen molar-refractivity contribution in [2.75, 3.05) is 5.32 Å². The Labute approximate surface area is 175 Å². The number of thiophene rings is 1. The third kappa shape index (κ3) is 3.38. The number of amides is 1. The van der Waals surface area contributed by atoms with Crippen LogP contribution in [0.2, 0.25) is 0 Å². The molecule has 8 nitrogen and oxygen atoms in total. The van der Waals surface area contributed by atoms with Crippen molar-refractivity contribution < 1.29 is 4.79 Å². The van der Waals surface area contributed by atoms with Crippen molar-refractivity contribution in [2.45, 2.75) is 0 Å². The number of anilines is 1. The van der Waals surface area contributed by atoms with Crippen LogP contribution >= 0.6 is 11.3 Å². The highest BCUT2D eigenvalue weighted by Crippen LogP contribution is 2.26. The first kappa shape index (κ1) is 18.0. The van der Waals surface area contributed by atoms with Crippen LogP contribution in [0.5, 0.6) is 0 Å². The monoisotopic (exact) mass is 413 g/mol. The number of para-hydroxylation sites is 1. The molecule has 146 valence electrons. The molecule has 0 aliphatic heterocycles. The second-order valence-electron chi connectivity index (χ2n) is 6.26. The van der Waals surface area contributed by atoms with Gasteiger partial charge in [-0.25, -0.2) is 19.3 Å². The summed E-state index contributed by atoms with van der Waals surface area (Å²) in [4.78, 5) is 22.8. The molecule has 4 aromatic heterocycles. The Hall–Kier alpha value is -4.11. The average molecular weight is 413 g/mol. The number of hydrogen-bond donors (Lipinski definition) is 1. The van der Waals surface area contributed by atoms with E-state index in [2.05, 4.69) is 25.5 Å². The van der Waals surface area contributed by atoms with Gasteiger partial charge in [0, 0.05) is 18.6 Å². The maximum absolute atomic E-state index is 13.0. The quantitative estimate of drug-likeness (QED) is 0.473. The van der Waals surface area contributed by atoms with E-state index in [-0.39, 0.29) is 5.82 Å². The van der Waals surface area contributed by atoms with E-state index in [1.165, 1.54) is 11.3 Å². The summed E-state index contributed by atoms with van der Waals surface area (Å²) in [7, 11) is 0. The molecule has 5 rings (SSSR count). The van der Waals surface area contributed by atoms with Crippen molar-refractivity contribution in [3.05, 3.63) is 90.5 Å². The predicted octanol–water partition coefficient (Wildman–Crippen LogP) is 3.83. The second kappa shape index (κ2) is 7.72. The Morgan fingerprint density at radius 3 is 2.63 bits per heavy atom. The molecule has 0 aliphatic carbocycles. The molecule has 4 heterocycles. The molecular weight excluding hydrogens is 398 g/mol. The van der Waals surface area contributed by atoms with Crippen molar-refractivity contribution in [1.29, 1.82) is 0 Å². The van der Waals surface area contributed by atoms with Gasteiger partial charge in [-0.3, -0.25) is 4.79 Å². The van der Waals surface area contributed by atoms with Gasteiger partial charge < -0.3 is 5.32 Å². The lowest BCUT2D eigenvalue weighted by molar-refractivity contribution is 0.101. The number of rotatable bonds is 5. The van der Waals surface area contributed by atoms with Crippen molar-refractivity contribution in [3.8, 4) is 22.2 Å². The fraction of sp³-hybridized carbons (Fsp3) is 0. The molecule has 0 aliphatic rings. The van der Waals surface area contributed by atoms with Crippen LogP contribution in [0.3, 0.4) is 0 Å². The third-order valence-electron chi connectivity index (χ3n) is 4.31. The van der Waals surface area contributed by atoms with Crippen LogP contribution in [0.4, 0.5) is 5.69 Å². The topological polar surface area (TPSA) is 90.5 Å². The molecule has 30 heavy (non-hydrogen) atoms. The number of benzene rings is 1. The molecule has 0 fully saturated rings. The molecule has 9 heteroatoms. The maximum Gasteiger partial charge on any atom is 0.295 e. The van der Waals surface area contributed by atoms with E-state index in [1.54, 1.807) is 46.2 Å². The molecule has 1 amide bonds. The molecule has 0 spiro atoms. The van der Waals surface area contributed by atoms with Crippen molar-refractivity contribution in [2.24, 2.45) is 0 Å². The van der Waals surface area contributed by atoms with E-state index in [0.717, 1.165) is 10.6 Å². The van der Waals surface area contributed by atoms with Gasteiger partial charge in [-0.2, -0.15) is 5.10 Å². The Kier molecular flexibility index (Phi) is 4.62. The van der Waals surface area contributed by atoms with Gasteiger partial charge in [-0.05, 0) is 41.8 Å². The normalized spacial score (nSPS) is 10.8. The number of carbonyl (C=O) groups excluding carboxylic acids is 1. The van der Waals surface area contributed by atoms with E-state index in [4.69, 9.17) is 0 Å². The zero-order chi connectivity index (χ0) is 20.3. The van der Waals surface area contributed by atoms with E-state index in [9.17, 15) is 4.79 Å². The van der Waals surface area contributed by atoms with Gasteiger partial charge >= 0.3 is 0 Å². The Morgan fingerprint density at radius 1 is 0.967 bits per heavy atom. The van der Waals surface area contributed by atoms with Gasteiger partial charge in [-0.15, -0.1) is 16.4 Å². The lowest BCUT2D eigenvalue weighted by Gasteiger charge is -2.08. The average Bonchev–Trinajstić information content (AvgIpc) is 3.56. The van der Waals surface area contributed by atoms with E-state index in [0.29, 0.717) is 17.3 Å².